The van der Waals surface area contributed by atoms with Crippen LogP contribution in [0.5, 0.6) is 0 Å². The second-order valence-electron chi connectivity index (χ2n) is 5.03. The minimum Gasteiger partial charge on any atom is -0.481 e. The van der Waals surface area contributed by atoms with Gasteiger partial charge in [-0.15, -0.1) is 0 Å². The number of nitrogens with zero attached hydrogens (tertiary/aromatic N) is 1. The van der Waals surface area contributed by atoms with Crippen molar-refractivity contribution in [3.05, 3.63) is 0 Å². The van der Waals surface area contributed by atoms with E-state index >= 15 is 0 Å². The first-order valence-electron chi connectivity index (χ1n) is 6.56. The number of methoxy groups -OCH3 is 1. The van der Waals surface area contributed by atoms with Crippen molar-refractivity contribution in [2.24, 2.45) is 11.8 Å². The third-order valence-corrected chi connectivity index (χ3v) is 2.95. The molecule has 7 nitrogen and oxygen atoms in total. The molecule has 0 fully saturated rings. The van der Waals surface area contributed by atoms with Crippen LogP contribution >= 0.6 is 0 Å². The first-order valence-corrected chi connectivity index (χ1v) is 6.56. The molecule has 7 heteroatoms. The molecule has 2 unspecified atom stereocenters. The minimum atomic E-state index is -0.841. The van der Waals surface area contributed by atoms with Gasteiger partial charge in [0.05, 0.1) is 13.0 Å². The number of ether oxygens (including phenoxy) is 1. The summed E-state index contributed by atoms with van der Waals surface area (Å²) in [5.41, 5.74) is 0. The molecular formula is C13H24N2O5. The molecule has 0 saturated carbocycles. The third-order valence-electron chi connectivity index (χ3n) is 2.95. The first-order chi connectivity index (χ1) is 9.27. The van der Waals surface area contributed by atoms with Crippen molar-refractivity contribution in [1.29, 1.82) is 0 Å². The van der Waals surface area contributed by atoms with Crippen molar-refractivity contribution in [1.82, 2.24) is 10.2 Å². The SMILES string of the molecule is COC(=O)C(C)CN(C)C(=O)NCC(C)CCC(=O)O. The fraction of sp³-hybridized carbons (Fsp3) is 0.769. The van der Waals surface area contributed by atoms with Gasteiger partial charge in [0, 0.05) is 26.6 Å². The molecule has 0 heterocycles. The fourth-order valence-corrected chi connectivity index (χ4v) is 1.64. The molecule has 0 aliphatic heterocycles. The number of carbonyl (C=O) groups is 3. The summed E-state index contributed by atoms with van der Waals surface area (Å²) in [5, 5.41) is 11.3. The molecule has 0 aliphatic carbocycles. The molecule has 0 aliphatic rings. The Morgan fingerprint density at radius 1 is 1.30 bits per heavy atom. The number of amides is 2. The number of urea groups is 1. The maximum Gasteiger partial charge on any atom is 0.317 e. The second-order valence-corrected chi connectivity index (χ2v) is 5.03. The fourth-order valence-electron chi connectivity index (χ4n) is 1.64. The summed E-state index contributed by atoms with van der Waals surface area (Å²) < 4.78 is 4.59. The van der Waals surface area contributed by atoms with Crippen molar-refractivity contribution in [2.75, 3.05) is 27.2 Å². The van der Waals surface area contributed by atoms with Crippen molar-refractivity contribution >= 4 is 18.0 Å². The molecule has 116 valence electrons. The Hall–Kier alpha value is -1.79. The molecule has 0 rings (SSSR count). The normalized spacial score (nSPS) is 13.2. The van der Waals surface area contributed by atoms with E-state index in [4.69, 9.17) is 5.11 Å². The van der Waals surface area contributed by atoms with Gasteiger partial charge in [0.25, 0.3) is 0 Å². The molecule has 2 N–H and O–H groups in total. The molecule has 0 bridgehead atoms. The predicted octanol–water partition coefficient (Wildman–Crippen LogP) is 0.938. The summed E-state index contributed by atoms with van der Waals surface area (Å²) in [6.07, 6.45) is 0.601. The number of hydrogen-bond acceptors (Lipinski definition) is 4. The van der Waals surface area contributed by atoms with Crippen LogP contribution in [0.25, 0.3) is 0 Å². The van der Waals surface area contributed by atoms with Crippen LogP contribution in [0.1, 0.15) is 26.7 Å². The van der Waals surface area contributed by atoms with Crippen molar-refractivity contribution in [2.45, 2.75) is 26.7 Å². The standard InChI is InChI=1S/C13H24N2O5/c1-9(5-6-11(16)17)7-14-13(19)15(3)8-10(2)12(18)20-4/h9-10H,5-8H2,1-4H3,(H,14,19)(H,16,17). The highest BCUT2D eigenvalue weighted by Crippen LogP contribution is 2.05. The lowest BCUT2D eigenvalue weighted by Crippen LogP contribution is -2.42. The Morgan fingerprint density at radius 2 is 1.90 bits per heavy atom. The molecular weight excluding hydrogens is 264 g/mol. The van der Waals surface area contributed by atoms with Gasteiger partial charge in [-0.05, 0) is 12.3 Å². The Balaban J connectivity index is 4.01. The number of nitrogens with one attached hydrogen (secondary N) is 1. The van der Waals surface area contributed by atoms with Gasteiger partial charge in [0.15, 0.2) is 0 Å². The van der Waals surface area contributed by atoms with Crippen LogP contribution in [-0.2, 0) is 14.3 Å². The van der Waals surface area contributed by atoms with E-state index in [0.717, 1.165) is 0 Å². The van der Waals surface area contributed by atoms with Gasteiger partial charge in [0.2, 0.25) is 0 Å². The number of carboxylic acids is 1. The number of esters is 1. The summed E-state index contributed by atoms with van der Waals surface area (Å²) in [6, 6.07) is -0.289. The Bertz CT molecular complexity index is 346. The lowest BCUT2D eigenvalue weighted by Gasteiger charge is -2.21. The van der Waals surface area contributed by atoms with Crippen LogP contribution in [-0.4, -0.2) is 55.2 Å². The average molecular weight is 288 g/mol. The summed E-state index contributed by atoms with van der Waals surface area (Å²) in [7, 11) is 2.90. The van der Waals surface area contributed by atoms with Gasteiger partial charge in [-0.25, -0.2) is 4.79 Å². The highest BCUT2D eigenvalue weighted by Gasteiger charge is 2.18. The van der Waals surface area contributed by atoms with E-state index in [1.165, 1.54) is 12.0 Å². The van der Waals surface area contributed by atoms with Crippen LogP contribution in [0.3, 0.4) is 0 Å². The van der Waals surface area contributed by atoms with E-state index in [2.05, 4.69) is 10.1 Å². The van der Waals surface area contributed by atoms with Crippen LogP contribution in [0.4, 0.5) is 4.79 Å². The smallest absolute Gasteiger partial charge is 0.317 e. The second kappa shape index (κ2) is 9.17. The molecule has 0 radical (unpaired) electrons. The Labute approximate surface area is 119 Å². The number of carboxylic acid groups (broad SMARTS) is 1. The van der Waals surface area contributed by atoms with Crippen LogP contribution in [0.15, 0.2) is 0 Å². The van der Waals surface area contributed by atoms with E-state index in [-0.39, 0.29) is 36.8 Å². The summed E-state index contributed by atoms with van der Waals surface area (Å²) in [4.78, 5) is 34.9. The molecule has 0 saturated heterocycles. The number of rotatable bonds is 8. The average Bonchev–Trinajstić information content (AvgIpc) is 2.40. The van der Waals surface area contributed by atoms with Gasteiger partial charge >= 0.3 is 18.0 Å². The maximum absolute atomic E-state index is 11.8. The van der Waals surface area contributed by atoms with Gasteiger partial charge in [-0.2, -0.15) is 0 Å². The van der Waals surface area contributed by atoms with Crippen molar-refractivity contribution < 1.29 is 24.2 Å². The van der Waals surface area contributed by atoms with Gasteiger partial charge in [-0.3, -0.25) is 9.59 Å². The van der Waals surface area contributed by atoms with E-state index in [1.54, 1.807) is 14.0 Å². The highest BCUT2D eigenvalue weighted by molar-refractivity contribution is 5.76. The Morgan fingerprint density at radius 3 is 2.40 bits per heavy atom. The van der Waals surface area contributed by atoms with Crippen molar-refractivity contribution in [3.8, 4) is 0 Å². The zero-order valence-electron chi connectivity index (χ0n) is 12.5. The number of hydrogen-bond donors (Lipinski definition) is 2. The zero-order chi connectivity index (χ0) is 15.7. The molecule has 0 aromatic rings. The summed E-state index contributed by atoms with van der Waals surface area (Å²) >= 11 is 0. The summed E-state index contributed by atoms with van der Waals surface area (Å²) in [6.45, 7) is 4.23. The molecule has 0 spiro atoms. The zero-order valence-corrected chi connectivity index (χ0v) is 12.5. The third kappa shape index (κ3) is 7.60. The van der Waals surface area contributed by atoms with E-state index in [1.807, 2.05) is 6.92 Å². The van der Waals surface area contributed by atoms with Crippen molar-refractivity contribution in [3.63, 3.8) is 0 Å². The van der Waals surface area contributed by atoms with Crippen LogP contribution in [0.2, 0.25) is 0 Å². The lowest BCUT2D eigenvalue weighted by molar-refractivity contribution is -0.145. The topological polar surface area (TPSA) is 95.9 Å². The molecule has 0 aromatic heterocycles. The minimum absolute atomic E-state index is 0.0847. The highest BCUT2D eigenvalue weighted by atomic mass is 16.5. The van der Waals surface area contributed by atoms with Gasteiger partial charge in [0.1, 0.15) is 0 Å². The maximum atomic E-state index is 11.8. The van der Waals surface area contributed by atoms with E-state index < -0.39 is 5.97 Å². The Kier molecular flexibility index (Phi) is 8.35. The van der Waals surface area contributed by atoms with Crippen LogP contribution in [0, 0.1) is 11.8 Å². The van der Waals surface area contributed by atoms with E-state index in [9.17, 15) is 14.4 Å². The van der Waals surface area contributed by atoms with Gasteiger partial charge in [-0.1, -0.05) is 13.8 Å². The largest absolute Gasteiger partial charge is 0.481 e. The number of carbonyl (C=O) groups excluding carboxylic acids is 2. The quantitative estimate of drug-likeness (QED) is 0.648. The predicted molar refractivity (Wildman–Crippen MR) is 73.2 cm³/mol. The van der Waals surface area contributed by atoms with Gasteiger partial charge < -0.3 is 20.1 Å². The molecule has 2 atom stereocenters. The lowest BCUT2D eigenvalue weighted by atomic mass is 10.1. The molecule has 0 aromatic carbocycles. The summed E-state index contributed by atoms with van der Waals surface area (Å²) in [5.74, 6) is -1.51. The monoisotopic (exact) mass is 288 g/mol. The molecule has 2 amide bonds. The molecule has 20 heavy (non-hydrogen) atoms. The van der Waals surface area contributed by atoms with E-state index in [0.29, 0.717) is 13.0 Å². The number of aliphatic carboxylic acids is 1. The van der Waals surface area contributed by atoms with Crippen LogP contribution < -0.4 is 5.32 Å². The first kappa shape index (κ1) is 18.2.